The molecule has 2 heterocycles. The summed E-state index contributed by atoms with van der Waals surface area (Å²) in [5, 5.41) is 13.2. The van der Waals surface area contributed by atoms with Crippen molar-refractivity contribution in [1.29, 1.82) is 0 Å². The standard InChI is InChI=1S/C17H20N2O2.C12H19N3/c18-16-3-1-2-15(17(16)20)14-6-4-13(5-7-14)12-19-8-10-21-11-9-19;1-13-11-3-5-12(6-4-11)15-9-7-14(2)8-10-15/h1-7,20H,8-12,18H2;3-6,13H,7-10H2,1-2H3. The SMILES string of the molecule is CNc1ccc(N2CCN(C)CC2)cc1.Nc1cccc(-c2ccc(CN3CCOCC3)cc2)c1O. The van der Waals surface area contributed by atoms with Crippen LogP contribution in [0.4, 0.5) is 17.1 Å². The van der Waals surface area contributed by atoms with Gasteiger partial charge in [-0.15, -0.1) is 0 Å². The first-order valence-corrected chi connectivity index (χ1v) is 12.7. The van der Waals surface area contributed by atoms with Crippen LogP contribution in [0.5, 0.6) is 5.75 Å². The van der Waals surface area contributed by atoms with E-state index in [0.717, 1.165) is 70.2 Å². The number of benzene rings is 3. The molecular weight excluding hydrogens is 450 g/mol. The minimum atomic E-state index is 0.151. The third-order valence-electron chi connectivity index (χ3n) is 6.87. The molecule has 0 aliphatic carbocycles. The predicted molar refractivity (Wildman–Crippen MR) is 150 cm³/mol. The van der Waals surface area contributed by atoms with E-state index in [-0.39, 0.29) is 5.75 Å². The Morgan fingerprint density at radius 1 is 0.861 bits per heavy atom. The Morgan fingerprint density at radius 2 is 1.53 bits per heavy atom. The Hall–Kier alpha value is -3.26. The zero-order chi connectivity index (χ0) is 25.3. The van der Waals surface area contributed by atoms with Gasteiger partial charge in [0.05, 0.1) is 18.9 Å². The topological polar surface area (TPSA) is 77.2 Å². The Balaban J connectivity index is 0.000000179. The zero-order valence-corrected chi connectivity index (χ0v) is 21.5. The average molecular weight is 490 g/mol. The number of ether oxygens (including phenoxy) is 1. The molecule has 0 radical (unpaired) electrons. The number of rotatable bonds is 5. The fourth-order valence-electron chi connectivity index (χ4n) is 4.51. The fraction of sp³-hybridized carbons (Fsp3) is 0.379. The van der Waals surface area contributed by atoms with E-state index in [1.54, 1.807) is 6.07 Å². The number of anilines is 3. The first-order chi connectivity index (χ1) is 17.5. The highest BCUT2D eigenvalue weighted by atomic mass is 16.5. The molecule has 2 saturated heterocycles. The van der Waals surface area contributed by atoms with Crippen LogP contribution in [0.2, 0.25) is 0 Å². The van der Waals surface area contributed by atoms with Gasteiger partial charge in [0.2, 0.25) is 0 Å². The Labute approximate surface area is 215 Å². The van der Waals surface area contributed by atoms with Crippen LogP contribution < -0.4 is 16.0 Å². The first kappa shape index (κ1) is 25.8. The summed E-state index contributed by atoms with van der Waals surface area (Å²) in [7, 11) is 4.13. The lowest BCUT2D eigenvalue weighted by Crippen LogP contribution is -2.44. The van der Waals surface area contributed by atoms with Gasteiger partial charge in [-0.3, -0.25) is 4.90 Å². The molecule has 0 saturated carbocycles. The van der Waals surface area contributed by atoms with Crippen LogP contribution in [0.15, 0.2) is 66.7 Å². The van der Waals surface area contributed by atoms with Crippen LogP contribution in [0.3, 0.4) is 0 Å². The van der Waals surface area contributed by atoms with Gasteiger partial charge in [0.25, 0.3) is 0 Å². The number of phenols is 1. The van der Waals surface area contributed by atoms with E-state index >= 15 is 0 Å². The number of aromatic hydroxyl groups is 1. The number of likely N-dealkylation sites (N-methyl/N-ethyl adjacent to an activating group) is 1. The van der Waals surface area contributed by atoms with Gasteiger partial charge < -0.3 is 30.7 Å². The number of nitrogens with zero attached hydrogens (tertiary/aromatic N) is 3. The van der Waals surface area contributed by atoms with E-state index in [1.807, 2.05) is 31.3 Å². The van der Waals surface area contributed by atoms with Crippen molar-refractivity contribution < 1.29 is 9.84 Å². The molecule has 3 aromatic carbocycles. The molecule has 0 unspecified atom stereocenters. The molecule has 0 amide bonds. The zero-order valence-electron chi connectivity index (χ0n) is 21.5. The van der Waals surface area contributed by atoms with Crippen LogP contribution in [0.1, 0.15) is 5.56 Å². The predicted octanol–water partition coefficient (Wildman–Crippen LogP) is 3.95. The van der Waals surface area contributed by atoms with Crippen molar-refractivity contribution in [3.63, 3.8) is 0 Å². The molecule has 5 rings (SSSR count). The highest BCUT2D eigenvalue weighted by Crippen LogP contribution is 2.33. The Morgan fingerprint density at radius 3 is 2.17 bits per heavy atom. The normalized spacial score (nSPS) is 16.8. The maximum Gasteiger partial charge on any atom is 0.146 e. The highest BCUT2D eigenvalue weighted by Gasteiger charge is 2.14. The lowest BCUT2D eigenvalue weighted by Gasteiger charge is -2.34. The molecule has 0 spiro atoms. The van der Waals surface area contributed by atoms with E-state index in [1.165, 1.54) is 16.9 Å². The van der Waals surface area contributed by atoms with Crippen molar-refractivity contribution in [2.24, 2.45) is 0 Å². The molecule has 2 aliphatic rings. The van der Waals surface area contributed by atoms with Crippen LogP contribution >= 0.6 is 0 Å². The molecule has 7 nitrogen and oxygen atoms in total. The van der Waals surface area contributed by atoms with Gasteiger partial charge in [-0.2, -0.15) is 0 Å². The maximum atomic E-state index is 10.0. The number of morpholine rings is 1. The monoisotopic (exact) mass is 489 g/mol. The van der Waals surface area contributed by atoms with Crippen molar-refractivity contribution in [3.05, 3.63) is 72.3 Å². The number of hydrogen-bond donors (Lipinski definition) is 3. The third-order valence-corrected chi connectivity index (χ3v) is 6.87. The summed E-state index contributed by atoms with van der Waals surface area (Å²) < 4.78 is 5.36. The molecule has 3 aromatic rings. The molecule has 0 bridgehead atoms. The quantitative estimate of drug-likeness (QED) is 0.370. The lowest BCUT2D eigenvalue weighted by atomic mass is 10.0. The van der Waals surface area contributed by atoms with Crippen LogP contribution in [0.25, 0.3) is 11.1 Å². The average Bonchev–Trinajstić information content (AvgIpc) is 2.92. The van der Waals surface area contributed by atoms with E-state index in [9.17, 15) is 5.11 Å². The summed E-state index contributed by atoms with van der Waals surface area (Å²) in [6, 6.07) is 22.4. The molecule has 0 aromatic heterocycles. The van der Waals surface area contributed by atoms with Gasteiger partial charge in [0.1, 0.15) is 5.75 Å². The van der Waals surface area contributed by atoms with Gasteiger partial charge >= 0.3 is 0 Å². The van der Waals surface area contributed by atoms with E-state index < -0.39 is 0 Å². The smallest absolute Gasteiger partial charge is 0.146 e. The fourth-order valence-corrected chi connectivity index (χ4v) is 4.51. The second-order valence-corrected chi connectivity index (χ2v) is 9.42. The van der Waals surface area contributed by atoms with Gasteiger partial charge in [0.15, 0.2) is 0 Å². The number of hydrogen-bond acceptors (Lipinski definition) is 7. The molecule has 0 atom stereocenters. The molecule has 36 heavy (non-hydrogen) atoms. The second kappa shape index (κ2) is 12.6. The van der Waals surface area contributed by atoms with Gasteiger partial charge in [0, 0.05) is 69.8 Å². The summed E-state index contributed by atoms with van der Waals surface area (Å²) in [6.45, 7) is 9.12. The van der Waals surface area contributed by atoms with Crippen molar-refractivity contribution in [1.82, 2.24) is 9.80 Å². The number of para-hydroxylation sites is 1. The van der Waals surface area contributed by atoms with Crippen molar-refractivity contribution in [3.8, 4) is 16.9 Å². The van der Waals surface area contributed by atoms with Gasteiger partial charge in [-0.1, -0.05) is 36.4 Å². The van der Waals surface area contributed by atoms with Crippen molar-refractivity contribution in [2.75, 3.05) is 82.5 Å². The van der Waals surface area contributed by atoms with Crippen LogP contribution in [-0.2, 0) is 11.3 Å². The Kier molecular flexibility index (Phi) is 9.06. The number of piperazine rings is 1. The van der Waals surface area contributed by atoms with E-state index in [4.69, 9.17) is 10.5 Å². The molecule has 2 fully saturated rings. The number of phenolic OH excluding ortho intramolecular Hbond substituents is 1. The van der Waals surface area contributed by atoms with Crippen molar-refractivity contribution in [2.45, 2.75) is 6.54 Å². The third kappa shape index (κ3) is 6.91. The molecular formula is C29H39N5O2. The van der Waals surface area contributed by atoms with Gasteiger partial charge in [-0.05, 0) is 48.5 Å². The van der Waals surface area contributed by atoms with Crippen LogP contribution in [0, 0.1) is 0 Å². The number of nitrogen functional groups attached to an aromatic ring is 1. The molecule has 192 valence electrons. The van der Waals surface area contributed by atoms with Gasteiger partial charge in [-0.25, -0.2) is 0 Å². The minimum absolute atomic E-state index is 0.151. The minimum Gasteiger partial charge on any atom is -0.505 e. The summed E-state index contributed by atoms with van der Waals surface area (Å²) in [5.41, 5.74) is 11.7. The lowest BCUT2D eigenvalue weighted by molar-refractivity contribution is 0.0342. The van der Waals surface area contributed by atoms with Crippen molar-refractivity contribution >= 4 is 17.1 Å². The molecule has 2 aliphatic heterocycles. The first-order valence-electron chi connectivity index (χ1n) is 12.7. The summed E-state index contributed by atoms with van der Waals surface area (Å²) in [6.07, 6.45) is 0. The van der Waals surface area contributed by atoms with Crippen LogP contribution in [-0.4, -0.2) is 81.5 Å². The Bertz CT molecular complexity index is 1070. The molecule has 4 N–H and O–H groups in total. The largest absolute Gasteiger partial charge is 0.505 e. The van der Waals surface area contributed by atoms with E-state index in [0.29, 0.717) is 5.69 Å². The number of nitrogens with one attached hydrogen (secondary N) is 1. The highest BCUT2D eigenvalue weighted by molar-refractivity contribution is 5.76. The molecule has 7 heteroatoms. The maximum absolute atomic E-state index is 10.0. The summed E-state index contributed by atoms with van der Waals surface area (Å²) in [4.78, 5) is 7.20. The second-order valence-electron chi connectivity index (χ2n) is 9.42. The summed E-state index contributed by atoms with van der Waals surface area (Å²) >= 11 is 0. The summed E-state index contributed by atoms with van der Waals surface area (Å²) in [5.74, 6) is 0.151. The number of nitrogens with two attached hydrogens (primary N) is 1. The van der Waals surface area contributed by atoms with E-state index in [2.05, 4.69) is 63.5 Å².